The SMILES string of the molecule is Cc1ccnc(C(O)Cc2ccc(C)c(C)c2)c1. The van der Waals surface area contributed by atoms with Gasteiger partial charge in [-0.3, -0.25) is 4.98 Å². The van der Waals surface area contributed by atoms with E-state index >= 15 is 0 Å². The lowest BCUT2D eigenvalue weighted by Crippen LogP contribution is -2.04. The van der Waals surface area contributed by atoms with Gasteiger partial charge in [-0.1, -0.05) is 18.2 Å². The number of aliphatic hydroxyl groups excluding tert-OH is 1. The Morgan fingerprint density at radius 1 is 1.06 bits per heavy atom. The van der Waals surface area contributed by atoms with Gasteiger partial charge in [0.1, 0.15) is 0 Å². The van der Waals surface area contributed by atoms with Gasteiger partial charge in [0.2, 0.25) is 0 Å². The lowest BCUT2D eigenvalue weighted by Gasteiger charge is -2.12. The van der Waals surface area contributed by atoms with Crippen LogP contribution in [0.4, 0.5) is 0 Å². The fourth-order valence-corrected chi connectivity index (χ4v) is 2.00. The zero-order chi connectivity index (χ0) is 13.1. The van der Waals surface area contributed by atoms with Gasteiger partial charge in [-0.2, -0.15) is 0 Å². The molecule has 1 heterocycles. The normalized spacial score (nSPS) is 12.4. The smallest absolute Gasteiger partial charge is 0.1000 e. The van der Waals surface area contributed by atoms with Crippen molar-refractivity contribution in [1.82, 2.24) is 4.98 Å². The number of nitrogens with zero attached hydrogens (tertiary/aromatic N) is 1. The Hall–Kier alpha value is -1.67. The van der Waals surface area contributed by atoms with Crippen LogP contribution < -0.4 is 0 Å². The molecule has 2 aromatic rings. The molecule has 0 aliphatic heterocycles. The van der Waals surface area contributed by atoms with Crippen molar-refractivity contribution in [1.29, 1.82) is 0 Å². The minimum Gasteiger partial charge on any atom is -0.386 e. The maximum Gasteiger partial charge on any atom is 0.1000 e. The monoisotopic (exact) mass is 241 g/mol. The summed E-state index contributed by atoms with van der Waals surface area (Å²) < 4.78 is 0. The number of hydrogen-bond donors (Lipinski definition) is 1. The molecule has 2 heteroatoms. The van der Waals surface area contributed by atoms with E-state index in [-0.39, 0.29) is 0 Å². The van der Waals surface area contributed by atoms with Crippen molar-refractivity contribution < 1.29 is 5.11 Å². The van der Waals surface area contributed by atoms with E-state index in [0.29, 0.717) is 6.42 Å². The summed E-state index contributed by atoms with van der Waals surface area (Å²) in [6.45, 7) is 6.20. The van der Waals surface area contributed by atoms with E-state index in [1.54, 1.807) is 6.20 Å². The number of hydrogen-bond acceptors (Lipinski definition) is 2. The molecule has 0 radical (unpaired) electrons. The lowest BCUT2D eigenvalue weighted by molar-refractivity contribution is 0.173. The van der Waals surface area contributed by atoms with Crippen LogP contribution in [-0.2, 0) is 6.42 Å². The summed E-state index contributed by atoms with van der Waals surface area (Å²) in [5, 5.41) is 10.2. The summed E-state index contributed by atoms with van der Waals surface area (Å²) >= 11 is 0. The van der Waals surface area contributed by atoms with Crippen molar-refractivity contribution in [3.05, 3.63) is 64.5 Å². The van der Waals surface area contributed by atoms with Gasteiger partial charge >= 0.3 is 0 Å². The minimum absolute atomic E-state index is 0.535. The molecule has 1 atom stereocenters. The predicted octanol–water partition coefficient (Wildman–Crippen LogP) is 3.28. The van der Waals surface area contributed by atoms with E-state index in [1.807, 2.05) is 19.1 Å². The summed E-state index contributed by atoms with van der Waals surface area (Å²) in [7, 11) is 0. The molecule has 2 nitrogen and oxygen atoms in total. The molecule has 0 saturated heterocycles. The summed E-state index contributed by atoms with van der Waals surface area (Å²) in [6.07, 6.45) is 1.82. The van der Waals surface area contributed by atoms with Gasteiger partial charge in [-0.15, -0.1) is 0 Å². The fourth-order valence-electron chi connectivity index (χ4n) is 2.00. The van der Waals surface area contributed by atoms with E-state index in [0.717, 1.165) is 16.8 Å². The summed E-state index contributed by atoms with van der Waals surface area (Å²) in [5.41, 5.74) is 5.56. The van der Waals surface area contributed by atoms with Gasteiger partial charge in [0.25, 0.3) is 0 Å². The summed E-state index contributed by atoms with van der Waals surface area (Å²) in [4.78, 5) is 4.23. The van der Waals surface area contributed by atoms with Crippen LogP contribution in [0.3, 0.4) is 0 Å². The first-order valence-corrected chi connectivity index (χ1v) is 6.23. The van der Waals surface area contributed by atoms with Crippen LogP contribution in [0.25, 0.3) is 0 Å². The highest BCUT2D eigenvalue weighted by Gasteiger charge is 2.10. The summed E-state index contributed by atoms with van der Waals surface area (Å²) in [5.74, 6) is 0. The van der Waals surface area contributed by atoms with Gasteiger partial charge in [-0.25, -0.2) is 0 Å². The third-order valence-corrected chi connectivity index (χ3v) is 3.28. The average molecular weight is 241 g/mol. The fraction of sp³-hybridized carbons (Fsp3) is 0.312. The van der Waals surface area contributed by atoms with Crippen molar-refractivity contribution >= 4 is 0 Å². The Morgan fingerprint density at radius 2 is 1.83 bits per heavy atom. The molecule has 1 aromatic heterocycles. The van der Waals surface area contributed by atoms with Gasteiger partial charge in [0.15, 0.2) is 0 Å². The van der Waals surface area contributed by atoms with Gasteiger partial charge in [0.05, 0.1) is 11.8 Å². The number of rotatable bonds is 3. The number of aryl methyl sites for hydroxylation is 3. The Balaban J connectivity index is 2.16. The molecule has 0 fully saturated rings. The first-order chi connectivity index (χ1) is 8.56. The van der Waals surface area contributed by atoms with Crippen LogP contribution in [0.2, 0.25) is 0 Å². The van der Waals surface area contributed by atoms with Crippen molar-refractivity contribution in [3.8, 4) is 0 Å². The largest absolute Gasteiger partial charge is 0.386 e. The minimum atomic E-state index is -0.535. The average Bonchev–Trinajstić information content (AvgIpc) is 2.34. The second-order valence-electron chi connectivity index (χ2n) is 4.90. The molecule has 0 spiro atoms. The second-order valence-corrected chi connectivity index (χ2v) is 4.90. The molecule has 1 N–H and O–H groups in total. The first kappa shape index (κ1) is 12.8. The zero-order valence-corrected chi connectivity index (χ0v) is 11.1. The van der Waals surface area contributed by atoms with Gasteiger partial charge in [0, 0.05) is 12.6 Å². The molecule has 94 valence electrons. The molecule has 2 rings (SSSR count). The van der Waals surface area contributed by atoms with Crippen LogP contribution in [0.15, 0.2) is 36.5 Å². The first-order valence-electron chi connectivity index (χ1n) is 6.23. The Kier molecular flexibility index (Phi) is 3.78. The van der Waals surface area contributed by atoms with E-state index < -0.39 is 6.10 Å². The maximum atomic E-state index is 10.2. The quantitative estimate of drug-likeness (QED) is 0.894. The topological polar surface area (TPSA) is 33.1 Å². The summed E-state index contributed by atoms with van der Waals surface area (Å²) in [6, 6.07) is 10.2. The molecular formula is C16H19NO. The number of aromatic nitrogens is 1. The molecule has 1 unspecified atom stereocenters. The van der Waals surface area contributed by atoms with Gasteiger partial charge < -0.3 is 5.11 Å². The molecule has 0 bridgehead atoms. The van der Waals surface area contributed by atoms with Crippen LogP contribution in [-0.4, -0.2) is 10.1 Å². The second kappa shape index (κ2) is 5.32. The van der Waals surface area contributed by atoms with E-state index in [9.17, 15) is 5.11 Å². The highest BCUT2D eigenvalue weighted by molar-refractivity contribution is 5.31. The molecule has 1 aromatic carbocycles. The number of aliphatic hydroxyl groups is 1. The Morgan fingerprint density at radius 3 is 2.50 bits per heavy atom. The number of benzene rings is 1. The van der Waals surface area contributed by atoms with E-state index in [2.05, 4.69) is 37.0 Å². The van der Waals surface area contributed by atoms with Crippen molar-refractivity contribution in [3.63, 3.8) is 0 Å². The highest BCUT2D eigenvalue weighted by Crippen LogP contribution is 2.19. The molecular weight excluding hydrogens is 222 g/mol. The van der Waals surface area contributed by atoms with Crippen molar-refractivity contribution in [2.24, 2.45) is 0 Å². The molecule has 18 heavy (non-hydrogen) atoms. The van der Waals surface area contributed by atoms with Crippen LogP contribution >= 0.6 is 0 Å². The third kappa shape index (κ3) is 2.96. The maximum absolute atomic E-state index is 10.2. The molecule has 0 aliphatic rings. The standard InChI is InChI=1S/C16H19NO/c1-11-6-7-17-15(8-11)16(18)10-14-5-4-12(2)13(3)9-14/h4-9,16,18H,10H2,1-3H3. The van der Waals surface area contributed by atoms with Crippen LogP contribution in [0, 0.1) is 20.8 Å². The molecule has 0 amide bonds. The lowest BCUT2D eigenvalue weighted by atomic mass is 10.0. The van der Waals surface area contributed by atoms with Crippen LogP contribution in [0.1, 0.15) is 34.1 Å². The van der Waals surface area contributed by atoms with Gasteiger partial charge in [-0.05, 0) is 55.2 Å². The molecule has 0 aliphatic carbocycles. The van der Waals surface area contributed by atoms with Crippen LogP contribution in [0.5, 0.6) is 0 Å². The Bertz CT molecular complexity index is 549. The third-order valence-electron chi connectivity index (χ3n) is 3.28. The highest BCUT2D eigenvalue weighted by atomic mass is 16.3. The van der Waals surface area contributed by atoms with E-state index in [1.165, 1.54) is 11.1 Å². The van der Waals surface area contributed by atoms with Crippen molar-refractivity contribution in [2.75, 3.05) is 0 Å². The van der Waals surface area contributed by atoms with E-state index in [4.69, 9.17) is 0 Å². The predicted molar refractivity (Wildman–Crippen MR) is 73.6 cm³/mol. The van der Waals surface area contributed by atoms with Crippen molar-refractivity contribution in [2.45, 2.75) is 33.3 Å². The molecule has 0 saturated carbocycles. The number of pyridine rings is 1. The Labute approximate surface area is 108 Å². The zero-order valence-electron chi connectivity index (χ0n) is 11.1.